The van der Waals surface area contributed by atoms with Gasteiger partial charge in [-0.3, -0.25) is 0 Å². The van der Waals surface area contributed by atoms with E-state index in [2.05, 4.69) is 4.90 Å². The van der Waals surface area contributed by atoms with Crippen molar-refractivity contribution in [2.24, 2.45) is 0 Å². The zero-order valence-corrected chi connectivity index (χ0v) is 18.8. The second-order valence-corrected chi connectivity index (χ2v) is 10.7. The highest BCUT2D eigenvalue weighted by molar-refractivity contribution is 7.89. The molecule has 2 heterocycles. The van der Waals surface area contributed by atoms with Crippen LogP contribution in [0.2, 0.25) is 5.02 Å². The Morgan fingerprint density at radius 3 is 2.09 bits per heavy atom. The van der Waals surface area contributed by atoms with E-state index in [4.69, 9.17) is 11.6 Å². The highest BCUT2D eigenvalue weighted by atomic mass is 35.5. The van der Waals surface area contributed by atoms with Gasteiger partial charge >= 0.3 is 0 Å². The molecule has 2 aliphatic rings. The van der Waals surface area contributed by atoms with Crippen LogP contribution in [0.4, 0.5) is 13.2 Å². The summed E-state index contributed by atoms with van der Waals surface area (Å²) in [4.78, 5) is 2.27. The van der Waals surface area contributed by atoms with Crippen molar-refractivity contribution < 1.29 is 26.7 Å². The molecule has 0 spiro atoms. The maximum absolute atomic E-state index is 13.6. The number of piperidine rings is 2. The van der Waals surface area contributed by atoms with Gasteiger partial charge in [0, 0.05) is 32.2 Å². The Kier molecular flexibility index (Phi) is 6.57. The van der Waals surface area contributed by atoms with Gasteiger partial charge < -0.3 is 10.0 Å². The molecule has 10 heteroatoms. The third-order valence-electron chi connectivity index (χ3n) is 6.54. The van der Waals surface area contributed by atoms with Crippen LogP contribution >= 0.6 is 11.6 Å². The zero-order chi connectivity index (χ0) is 23.1. The quantitative estimate of drug-likeness (QED) is 0.663. The standard InChI is InChI=1S/C22H24ClF3N2O3S/c23-17-3-1-2-4-20(17)32(30,31)28-9-5-16(6-10-28)27-11-7-22(29,8-12-27)15-13-18(24)21(26)19(25)14-15/h1-4,13-14,16,29H,5-12H2. The molecule has 4 rings (SSSR count). The Balaban J connectivity index is 1.38. The Bertz CT molecular complexity index is 1080. The number of likely N-dealkylation sites (tertiary alicyclic amines) is 1. The molecule has 0 saturated carbocycles. The van der Waals surface area contributed by atoms with Crippen LogP contribution in [0.1, 0.15) is 31.2 Å². The first kappa shape index (κ1) is 23.5. The molecule has 0 atom stereocenters. The van der Waals surface area contributed by atoms with Crippen LogP contribution in [-0.2, 0) is 15.6 Å². The fourth-order valence-electron chi connectivity index (χ4n) is 4.61. The van der Waals surface area contributed by atoms with Gasteiger partial charge in [-0.15, -0.1) is 0 Å². The van der Waals surface area contributed by atoms with Crippen LogP contribution in [0.15, 0.2) is 41.3 Å². The summed E-state index contributed by atoms with van der Waals surface area (Å²) in [5, 5.41) is 11.1. The lowest BCUT2D eigenvalue weighted by Crippen LogP contribution is -2.51. The lowest BCUT2D eigenvalue weighted by Gasteiger charge is -2.44. The molecule has 1 N–H and O–H groups in total. The molecule has 32 heavy (non-hydrogen) atoms. The first-order valence-corrected chi connectivity index (χ1v) is 12.3. The molecule has 174 valence electrons. The third-order valence-corrected chi connectivity index (χ3v) is 8.94. The predicted octanol–water partition coefficient (Wildman–Crippen LogP) is 3.89. The molecule has 0 amide bonds. The lowest BCUT2D eigenvalue weighted by molar-refractivity contribution is -0.0405. The molecule has 0 radical (unpaired) electrons. The molecule has 2 aromatic carbocycles. The van der Waals surface area contributed by atoms with Gasteiger partial charge in [0.25, 0.3) is 0 Å². The minimum Gasteiger partial charge on any atom is -0.385 e. The van der Waals surface area contributed by atoms with Crippen molar-refractivity contribution in [3.05, 3.63) is 64.4 Å². The van der Waals surface area contributed by atoms with Crippen LogP contribution in [0.5, 0.6) is 0 Å². The number of aliphatic hydroxyl groups is 1. The molecular formula is C22H24ClF3N2O3S. The summed E-state index contributed by atoms with van der Waals surface area (Å²) in [5.74, 6) is -4.18. The van der Waals surface area contributed by atoms with Gasteiger partial charge in [0.2, 0.25) is 10.0 Å². The molecule has 0 aromatic heterocycles. The average molecular weight is 489 g/mol. The maximum atomic E-state index is 13.6. The van der Waals surface area contributed by atoms with E-state index in [1.807, 2.05) is 0 Å². The second-order valence-electron chi connectivity index (χ2n) is 8.39. The van der Waals surface area contributed by atoms with E-state index < -0.39 is 33.1 Å². The molecule has 0 aliphatic carbocycles. The van der Waals surface area contributed by atoms with Gasteiger partial charge in [0.1, 0.15) is 4.90 Å². The highest BCUT2D eigenvalue weighted by Crippen LogP contribution is 2.36. The van der Waals surface area contributed by atoms with Gasteiger partial charge in [-0.2, -0.15) is 4.31 Å². The van der Waals surface area contributed by atoms with E-state index in [0.29, 0.717) is 39.0 Å². The molecule has 2 fully saturated rings. The minimum absolute atomic E-state index is 0.0363. The number of rotatable bonds is 4. The number of halogens is 4. The smallest absolute Gasteiger partial charge is 0.244 e. The summed E-state index contributed by atoms with van der Waals surface area (Å²) < 4.78 is 67.8. The van der Waals surface area contributed by atoms with Crippen molar-refractivity contribution >= 4 is 21.6 Å². The second kappa shape index (κ2) is 8.95. The van der Waals surface area contributed by atoms with Gasteiger partial charge in [-0.1, -0.05) is 23.7 Å². The number of benzene rings is 2. The maximum Gasteiger partial charge on any atom is 0.244 e. The van der Waals surface area contributed by atoms with Crippen LogP contribution in [-0.4, -0.2) is 55.0 Å². The van der Waals surface area contributed by atoms with Crippen molar-refractivity contribution in [1.82, 2.24) is 9.21 Å². The molecule has 0 unspecified atom stereocenters. The van der Waals surface area contributed by atoms with E-state index in [9.17, 15) is 26.7 Å². The van der Waals surface area contributed by atoms with Gasteiger partial charge in [-0.25, -0.2) is 21.6 Å². The normalized spacial score (nSPS) is 21.0. The minimum atomic E-state index is -3.67. The summed E-state index contributed by atoms with van der Waals surface area (Å²) in [6, 6.07) is 8.21. The summed E-state index contributed by atoms with van der Waals surface area (Å²) in [6.07, 6.45) is 1.75. The number of hydrogen-bond acceptors (Lipinski definition) is 4. The van der Waals surface area contributed by atoms with E-state index in [0.717, 1.165) is 12.1 Å². The largest absolute Gasteiger partial charge is 0.385 e. The Labute approximate surface area is 190 Å². The topological polar surface area (TPSA) is 60.9 Å². The average Bonchev–Trinajstić information content (AvgIpc) is 2.78. The fraction of sp³-hybridized carbons (Fsp3) is 0.455. The van der Waals surface area contributed by atoms with Crippen molar-refractivity contribution in [3.63, 3.8) is 0 Å². The van der Waals surface area contributed by atoms with E-state index in [1.54, 1.807) is 18.2 Å². The summed E-state index contributed by atoms with van der Waals surface area (Å²) in [5.41, 5.74) is -1.39. The predicted molar refractivity (Wildman–Crippen MR) is 114 cm³/mol. The monoisotopic (exact) mass is 488 g/mol. The van der Waals surface area contributed by atoms with Crippen LogP contribution in [0, 0.1) is 17.5 Å². The first-order chi connectivity index (χ1) is 15.1. The number of hydrogen-bond donors (Lipinski definition) is 1. The van der Waals surface area contributed by atoms with Crippen molar-refractivity contribution in [2.45, 2.75) is 42.2 Å². The zero-order valence-electron chi connectivity index (χ0n) is 17.3. The van der Waals surface area contributed by atoms with Crippen LogP contribution < -0.4 is 0 Å². The van der Waals surface area contributed by atoms with E-state index in [1.165, 1.54) is 10.4 Å². The van der Waals surface area contributed by atoms with Crippen LogP contribution in [0.25, 0.3) is 0 Å². The molecule has 0 bridgehead atoms. The molecule has 5 nitrogen and oxygen atoms in total. The molecular weight excluding hydrogens is 465 g/mol. The first-order valence-electron chi connectivity index (χ1n) is 10.5. The third kappa shape index (κ3) is 4.41. The SMILES string of the molecule is O=S(=O)(c1ccccc1Cl)N1CCC(N2CCC(O)(c3cc(F)c(F)c(F)c3)CC2)CC1. The highest BCUT2D eigenvalue weighted by Gasteiger charge is 2.39. The molecule has 2 saturated heterocycles. The number of sulfonamides is 1. The lowest BCUT2D eigenvalue weighted by atomic mass is 9.83. The molecule has 2 aliphatic heterocycles. The molecule has 2 aromatic rings. The van der Waals surface area contributed by atoms with Crippen LogP contribution in [0.3, 0.4) is 0 Å². The van der Waals surface area contributed by atoms with Crippen molar-refractivity contribution in [3.8, 4) is 0 Å². The van der Waals surface area contributed by atoms with Gasteiger partial charge in [0.05, 0.1) is 10.6 Å². The Hall–Kier alpha value is -1.65. The summed E-state index contributed by atoms with van der Waals surface area (Å²) in [6.45, 7) is 1.68. The van der Waals surface area contributed by atoms with E-state index >= 15 is 0 Å². The number of nitrogens with zero attached hydrogens (tertiary/aromatic N) is 2. The Morgan fingerprint density at radius 1 is 0.969 bits per heavy atom. The fourth-order valence-corrected chi connectivity index (χ4v) is 6.58. The van der Waals surface area contributed by atoms with Crippen molar-refractivity contribution in [2.75, 3.05) is 26.2 Å². The van der Waals surface area contributed by atoms with Gasteiger partial charge in [-0.05, 0) is 55.5 Å². The summed E-state index contributed by atoms with van der Waals surface area (Å²) >= 11 is 6.08. The van der Waals surface area contributed by atoms with Gasteiger partial charge in [0.15, 0.2) is 17.5 Å². The van der Waals surface area contributed by atoms with E-state index in [-0.39, 0.29) is 34.4 Å². The summed E-state index contributed by atoms with van der Waals surface area (Å²) in [7, 11) is -3.67. The van der Waals surface area contributed by atoms with Crippen molar-refractivity contribution in [1.29, 1.82) is 0 Å². The Morgan fingerprint density at radius 2 is 1.53 bits per heavy atom.